The number of hydrogen-bond donors (Lipinski definition) is 2. The maximum atomic E-state index is 11.4. The van der Waals surface area contributed by atoms with E-state index in [4.69, 9.17) is 0 Å². The predicted molar refractivity (Wildman–Crippen MR) is 79.6 cm³/mol. The van der Waals surface area contributed by atoms with Gasteiger partial charge in [0.05, 0.1) is 0 Å². The molecule has 0 radical (unpaired) electrons. The first kappa shape index (κ1) is 14.4. The normalized spacial score (nSPS) is 12.6. The van der Waals surface area contributed by atoms with E-state index in [2.05, 4.69) is 44.4 Å². The molecule has 2 rings (SSSR count). The molecule has 0 aliphatic carbocycles. The van der Waals surface area contributed by atoms with Crippen LogP contribution in [0.15, 0.2) is 37.5 Å². The summed E-state index contributed by atoms with van der Waals surface area (Å²) >= 11 is 4.94. The van der Waals surface area contributed by atoms with Gasteiger partial charge in [-0.25, -0.2) is 9.89 Å². The van der Waals surface area contributed by atoms with Crippen molar-refractivity contribution >= 4 is 27.7 Å². The highest BCUT2D eigenvalue weighted by atomic mass is 79.9. The second-order valence-corrected chi connectivity index (χ2v) is 6.09. The Balaban J connectivity index is 2.41. The lowest BCUT2D eigenvalue weighted by Crippen LogP contribution is -2.14. The average molecular weight is 343 g/mol. The molecular formula is C12H15BrN4OS. The molecule has 5 nitrogen and oxygen atoms in total. The van der Waals surface area contributed by atoms with Crippen LogP contribution in [0.3, 0.4) is 0 Å². The Labute approximate surface area is 123 Å². The number of H-pyrrole nitrogens is 1. The number of hydrogen-bond acceptors (Lipinski definition) is 4. The van der Waals surface area contributed by atoms with E-state index >= 15 is 0 Å². The van der Waals surface area contributed by atoms with Gasteiger partial charge in [-0.05, 0) is 43.4 Å². The fourth-order valence-electron chi connectivity index (χ4n) is 1.63. The van der Waals surface area contributed by atoms with Crippen molar-refractivity contribution in [2.24, 2.45) is 7.05 Å². The lowest BCUT2D eigenvalue weighted by atomic mass is 10.1. The Morgan fingerprint density at radius 2 is 2.26 bits per heavy atom. The zero-order valence-electron chi connectivity index (χ0n) is 10.9. The number of halogens is 1. The fraction of sp³-hybridized carbons (Fsp3) is 0.333. The van der Waals surface area contributed by atoms with Gasteiger partial charge in [0.15, 0.2) is 5.16 Å². The SMILES string of the molecule is CNC(C)c1ccc(Br)cc1Sc1n[nH]c(=O)n1C. The van der Waals surface area contributed by atoms with Gasteiger partial charge < -0.3 is 5.32 Å². The summed E-state index contributed by atoms with van der Waals surface area (Å²) in [6.45, 7) is 2.09. The van der Waals surface area contributed by atoms with Crippen LogP contribution in [0.5, 0.6) is 0 Å². The van der Waals surface area contributed by atoms with E-state index in [0.717, 1.165) is 9.37 Å². The van der Waals surface area contributed by atoms with Crippen molar-refractivity contribution in [1.82, 2.24) is 20.1 Å². The van der Waals surface area contributed by atoms with E-state index in [9.17, 15) is 4.79 Å². The average Bonchev–Trinajstić information content (AvgIpc) is 2.70. The molecule has 1 unspecified atom stereocenters. The molecule has 0 saturated carbocycles. The molecule has 0 saturated heterocycles. The van der Waals surface area contributed by atoms with Crippen LogP contribution in [0, 0.1) is 0 Å². The van der Waals surface area contributed by atoms with Gasteiger partial charge >= 0.3 is 5.69 Å². The van der Waals surface area contributed by atoms with E-state index < -0.39 is 0 Å². The lowest BCUT2D eigenvalue weighted by molar-refractivity contribution is 0.640. The molecular weight excluding hydrogens is 328 g/mol. The third-order valence-corrected chi connectivity index (χ3v) is 4.53. The summed E-state index contributed by atoms with van der Waals surface area (Å²) in [6.07, 6.45) is 0. The summed E-state index contributed by atoms with van der Waals surface area (Å²) in [5, 5.41) is 10.3. The van der Waals surface area contributed by atoms with Crippen LogP contribution >= 0.6 is 27.7 Å². The van der Waals surface area contributed by atoms with Crippen LogP contribution in [-0.2, 0) is 7.05 Å². The fourth-order valence-corrected chi connectivity index (χ4v) is 3.20. The van der Waals surface area contributed by atoms with E-state index in [1.165, 1.54) is 21.9 Å². The van der Waals surface area contributed by atoms with Crippen molar-refractivity contribution in [3.05, 3.63) is 38.7 Å². The molecule has 0 aliphatic rings. The third kappa shape index (κ3) is 3.10. The van der Waals surface area contributed by atoms with Gasteiger partial charge in [0.2, 0.25) is 0 Å². The Kier molecular flexibility index (Phi) is 4.49. The monoisotopic (exact) mass is 342 g/mol. The topological polar surface area (TPSA) is 62.7 Å². The number of rotatable bonds is 4. The van der Waals surface area contributed by atoms with Crippen molar-refractivity contribution < 1.29 is 0 Å². The second kappa shape index (κ2) is 5.94. The number of nitrogens with one attached hydrogen (secondary N) is 2. The Hall–Kier alpha value is -1.05. The van der Waals surface area contributed by atoms with Gasteiger partial charge in [0.1, 0.15) is 0 Å². The minimum atomic E-state index is -0.208. The van der Waals surface area contributed by atoms with E-state index in [1.54, 1.807) is 7.05 Å². The molecule has 1 aromatic heterocycles. The Morgan fingerprint density at radius 3 is 2.84 bits per heavy atom. The van der Waals surface area contributed by atoms with Gasteiger partial charge in [-0.15, -0.1) is 5.10 Å². The number of aromatic nitrogens is 3. The minimum absolute atomic E-state index is 0.208. The maximum absolute atomic E-state index is 11.4. The molecule has 2 N–H and O–H groups in total. The van der Waals surface area contributed by atoms with E-state index in [1.807, 2.05) is 19.2 Å². The predicted octanol–water partition coefficient (Wildman–Crippen LogP) is 2.30. The first-order valence-corrected chi connectivity index (χ1v) is 7.40. The molecule has 19 heavy (non-hydrogen) atoms. The standard InChI is InChI=1S/C12H15BrN4OS/c1-7(14-2)9-5-4-8(13)6-10(9)19-12-16-15-11(18)17(12)3/h4-7,14H,1-3H3,(H,15,18). The van der Waals surface area contributed by atoms with Crippen molar-refractivity contribution in [2.45, 2.75) is 23.0 Å². The Morgan fingerprint density at radius 1 is 1.53 bits per heavy atom. The molecule has 0 bridgehead atoms. The maximum Gasteiger partial charge on any atom is 0.343 e. The molecule has 0 spiro atoms. The summed E-state index contributed by atoms with van der Waals surface area (Å²) in [6, 6.07) is 6.34. The zero-order valence-corrected chi connectivity index (χ0v) is 13.3. The first-order chi connectivity index (χ1) is 9.02. The van der Waals surface area contributed by atoms with Crippen molar-refractivity contribution in [1.29, 1.82) is 0 Å². The molecule has 0 aliphatic heterocycles. The highest BCUT2D eigenvalue weighted by Crippen LogP contribution is 2.33. The number of aromatic amines is 1. The van der Waals surface area contributed by atoms with Crippen LogP contribution < -0.4 is 11.0 Å². The summed E-state index contributed by atoms with van der Waals surface area (Å²) in [4.78, 5) is 12.4. The molecule has 7 heteroatoms. The van der Waals surface area contributed by atoms with Gasteiger partial charge in [0.25, 0.3) is 0 Å². The molecule has 2 aromatic rings. The van der Waals surface area contributed by atoms with Gasteiger partial charge in [0, 0.05) is 22.5 Å². The van der Waals surface area contributed by atoms with Crippen LogP contribution in [0.1, 0.15) is 18.5 Å². The van der Waals surface area contributed by atoms with Crippen molar-refractivity contribution in [3.63, 3.8) is 0 Å². The lowest BCUT2D eigenvalue weighted by Gasteiger charge is -2.15. The molecule has 1 atom stereocenters. The number of nitrogens with zero attached hydrogens (tertiary/aromatic N) is 2. The van der Waals surface area contributed by atoms with Gasteiger partial charge in [-0.2, -0.15) is 0 Å². The van der Waals surface area contributed by atoms with Crippen LogP contribution in [-0.4, -0.2) is 21.8 Å². The van der Waals surface area contributed by atoms with Crippen molar-refractivity contribution in [2.75, 3.05) is 7.05 Å². The third-order valence-electron chi connectivity index (χ3n) is 2.92. The van der Waals surface area contributed by atoms with Gasteiger partial charge in [-0.3, -0.25) is 4.57 Å². The molecule has 0 amide bonds. The molecule has 1 heterocycles. The summed E-state index contributed by atoms with van der Waals surface area (Å²) in [7, 11) is 3.62. The number of benzene rings is 1. The van der Waals surface area contributed by atoms with Gasteiger partial charge in [-0.1, -0.05) is 22.0 Å². The molecule has 102 valence electrons. The molecule has 0 fully saturated rings. The first-order valence-electron chi connectivity index (χ1n) is 5.79. The molecule has 1 aromatic carbocycles. The van der Waals surface area contributed by atoms with E-state index in [0.29, 0.717) is 5.16 Å². The minimum Gasteiger partial charge on any atom is -0.313 e. The summed E-state index contributed by atoms with van der Waals surface area (Å²) < 4.78 is 2.50. The Bertz CT molecular complexity index is 637. The van der Waals surface area contributed by atoms with Crippen molar-refractivity contribution in [3.8, 4) is 0 Å². The highest BCUT2D eigenvalue weighted by Gasteiger charge is 2.13. The largest absolute Gasteiger partial charge is 0.343 e. The van der Waals surface area contributed by atoms with Crippen LogP contribution in [0.25, 0.3) is 0 Å². The second-order valence-electron chi connectivity index (χ2n) is 4.16. The van der Waals surface area contributed by atoms with E-state index in [-0.39, 0.29) is 11.7 Å². The summed E-state index contributed by atoms with van der Waals surface area (Å²) in [5.41, 5.74) is 0.965. The quantitative estimate of drug-likeness (QED) is 0.894. The summed E-state index contributed by atoms with van der Waals surface area (Å²) in [5.74, 6) is 0. The zero-order chi connectivity index (χ0) is 14.0. The highest BCUT2D eigenvalue weighted by molar-refractivity contribution is 9.10. The van der Waals surface area contributed by atoms with Crippen LogP contribution in [0.4, 0.5) is 0 Å². The smallest absolute Gasteiger partial charge is 0.313 e. The van der Waals surface area contributed by atoms with Crippen LogP contribution in [0.2, 0.25) is 0 Å².